The molecule has 1 rings (SSSR count). The molecule has 0 unspecified atom stereocenters. The minimum Gasteiger partial charge on any atom is -0.468 e. The van der Waals surface area contributed by atoms with Crippen molar-refractivity contribution < 1.29 is 4.74 Å². The molecule has 0 aromatic heterocycles. The van der Waals surface area contributed by atoms with E-state index in [1.54, 1.807) is 6.20 Å². The lowest BCUT2D eigenvalue weighted by molar-refractivity contribution is 0.387. The quantitative estimate of drug-likeness (QED) is 0.480. The van der Waals surface area contributed by atoms with Crippen molar-refractivity contribution in [2.75, 3.05) is 0 Å². The Labute approximate surface area is 46.4 Å². The Morgan fingerprint density at radius 1 is 1.71 bits per heavy atom. The fraction of sp³-hybridized carbons (Fsp3) is 0. The molecular weight excluding hydrogens is 114 g/mol. The number of nitrogens with one attached hydrogen (secondary N) is 1. The molecule has 0 bridgehead atoms. The van der Waals surface area contributed by atoms with Crippen LogP contribution in [0.3, 0.4) is 0 Å². The van der Waals surface area contributed by atoms with Gasteiger partial charge in [0.1, 0.15) is 17.7 Å². The van der Waals surface area contributed by atoms with Crippen LogP contribution in [0.15, 0.2) is 23.9 Å². The summed E-state index contributed by atoms with van der Waals surface area (Å²) in [7, 11) is 0. The third kappa shape index (κ3) is 1.12. The third-order valence-corrected chi connectivity index (χ3v) is 0.738. The number of ether oxygens (including phenoxy) is 1. The number of hydrogen-bond donors (Lipinski definition) is 1. The Hall–Kier alpha value is -0.630. The molecule has 0 aromatic carbocycles. The van der Waals surface area contributed by atoms with Crippen molar-refractivity contribution in [1.82, 2.24) is 5.32 Å². The van der Waals surface area contributed by atoms with Gasteiger partial charge in [0.05, 0.1) is 0 Å². The standard InChI is InChI=1S/C4H4ClNO/c5-4-3-7-2-1-6-4/h1-3,6H. The molecule has 2 nitrogen and oxygen atoms in total. The van der Waals surface area contributed by atoms with E-state index in [0.29, 0.717) is 5.16 Å². The summed E-state index contributed by atoms with van der Waals surface area (Å²) >= 11 is 5.39. The summed E-state index contributed by atoms with van der Waals surface area (Å²) in [5.74, 6) is 0. The minimum atomic E-state index is 0.502. The third-order valence-electron chi connectivity index (χ3n) is 0.539. The van der Waals surface area contributed by atoms with E-state index in [1.165, 1.54) is 12.5 Å². The summed E-state index contributed by atoms with van der Waals surface area (Å²) in [6, 6.07) is 0. The molecule has 3 heteroatoms. The van der Waals surface area contributed by atoms with E-state index >= 15 is 0 Å². The zero-order valence-electron chi connectivity index (χ0n) is 3.52. The highest BCUT2D eigenvalue weighted by molar-refractivity contribution is 6.29. The van der Waals surface area contributed by atoms with Gasteiger partial charge in [-0.05, 0) is 0 Å². The van der Waals surface area contributed by atoms with E-state index in [2.05, 4.69) is 10.1 Å². The lowest BCUT2D eigenvalue weighted by Crippen LogP contribution is -2.02. The molecule has 1 aliphatic heterocycles. The van der Waals surface area contributed by atoms with Gasteiger partial charge in [-0.15, -0.1) is 0 Å². The monoisotopic (exact) mass is 117 g/mol. The predicted molar refractivity (Wildman–Crippen MR) is 27.3 cm³/mol. The molecule has 7 heavy (non-hydrogen) atoms. The van der Waals surface area contributed by atoms with E-state index in [9.17, 15) is 0 Å². The molecule has 0 atom stereocenters. The molecule has 0 aromatic rings. The zero-order valence-corrected chi connectivity index (χ0v) is 4.27. The van der Waals surface area contributed by atoms with Crippen LogP contribution in [0.4, 0.5) is 0 Å². The largest absolute Gasteiger partial charge is 0.468 e. The summed E-state index contributed by atoms with van der Waals surface area (Å²) in [6.07, 6.45) is 4.54. The van der Waals surface area contributed by atoms with Crippen LogP contribution in [0.1, 0.15) is 0 Å². The molecule has 1 aliphatic rings. The molecule has 0 aliphatic carbocycles. The van der Waals surface area contributed by atoms with Crippen LogP contribution in [-0.2, 0) is 4.74 Å². The average Bonchev–Trinajstić information content (AvgIpc) is 1.69. The van der Waals surface area contributed by atoms with Crippen molar-refractivity contribution >= 4 is 11.6 Å². The van der Waals surface area contributed by atoms with E-state index in [4.69, 9.17) is 11.6 Å². The van der Waals surface area contributed by atoms with Crippen LogP contribution < -0.4 is 5.32 Å². The second-order valence-electron chi connectivity index (χ2n) is 1.05. The first-order chi connectivity index (χ1) is 3.39. The van der Waals surface area contributed by atoms with E-state index in [-0.39, 0.29) is 0 Å². The van der Waals surface area contributed by atoms with Crippen LogP contribution in [-0.4, -0.2) is 0 Å². The first kappa shape index (κ1) is 4.53. The predicted octanol–water partition coefficient (Wildman–Crippen LogP) is 1.12. The van der Waals surface area contributed by atoms with Crippen LogP contribution in [0.25, 0.3) is 0 Å². The molecule has 0 saturated carbocycles. The Bertz CT molecular complexity index is 119. The normalized spacial score (nSPS) is 17.0. The van der Waals surface area contributed by atoms with E-state index in [1.807, 2.05) is 0 Å². The van der Waals surface area contributed by atoms with Crippen molar-refractivity contribution in [3.63, 3.8) is 0 Å². The maximum atomic E-state index is 5.39. The van der Waals surface area contributed by atoms with Gasteiger partial charge in [-0.1, -0.05) is 11.6 Å². The van der Waals surface area contributed by atoms with Crippen molar-refractivity contribution in [2.24, 2.45) is 0 Å². The number of rotatable bonds is 0. The first-order valence-electron chi connectivity index (χ1n) is 1.82. The fourth-order valence-corrected chi connectivity index (χ4v) is 0.400. The number of halogens is 1. The van der Waals surface area contributed by atoms with Crippen molar-refractivity contribution in [2.45, 2.75) is 0 Å². The SMILES string of the molecule is ClC1=COC=CN1. The summed E-state index contributed by atoms with van der Waals surface area (Å²) in [5, 5.41) is 3.21. The van der Waals surface area contributed by atoms with Crippen molar-refractivity contribution in [3.05, 3.63) is 23.9 Å². The summed E-state index contributed by atoms with van der Waals surface area (Å²) in [5.41, 5.74) is 0. The van der Waals surface area contributed by atoms with Gasteiger partial charge in [0.25, 0.3) is 0 Å². The highest BCUT2D eigenvalue weighted by Crippen LogP contribution is 1.99. The highest BCUT2D eigenvalue weighted by atomic mass is 35.5. The zero-order chi connectivity index (χ0) is 5.11. The molecule has 0 amide bonds. The topological polar surface area (TPSA) is 21.3 Å². The Kier molecular flexibility index (Phi) is 1.22. The van der Waals surface area contributed by atoms with E-state index in [0.717, 1.165) is 0 Å². The van der Waals surface area contributed by atoms with Crippen LogP contribution >= 0.6 is 11.6 Å². The van der Waals surface area contributed by atoms with Gasteiger partial charge in [-0.2, -0.15) is 0 Å². The summed E-state index contributed by atoms with van der Waals surface area (Å²) < 4.78 is 4.64. The van der Waals surface area contributed by atoms with Gasteiger partial charge in [-0.25, -0.2) is 0 Å². The summed E-state index contributed by atoms with van der Waals surface area (Å²) in [6.45, 7) is 0. The number of hydrogen-bond acceptors (Lipinski definition) is 2. The second-order valence-corrected chi connectivity index (χ2v) is 1.46. The molecule has 1 N–H and O–H groups in total. The Morgan fingerprint density at radius 3 is 2.86 bits per heavy atom. The maximum absolute atomic E-state index is 5.39. The van der Waals surface area contributed by atoms with Gasteiger partial charge >= 0.3 is 0 Å². The van der Waals surface area contributed by atoms with Crippen LogP contribution in [0.2, 0.25) is 0 Å². The van der Waals surface area contributed by atoms with Gasteiger partial charge in [0.2, 0.25) is 0 Å². The van der Waals surface area contributed by atoms with Crippen molar-refractivity contribution in [3.8, 4) is 0 Å². The van der Waals surface area contributed by atoms with E-state index < -0.39 is 0 Å². The molecule has 38 valence electrons. The average molecular weight is 118 g/mol. The molecule has 0 saturated heterocycles. The smallest absolute Gasteiger partial charge is 0.141 e. The highest BCUT2D eigenvalue weighted by Gasteiger charge is 1.88. The second kappa shape index (κ2) is 1.89. The van der Waals surface area contributed by atoms with Crippen LogP contribution in [0, 0.1) is 0 Å². The maximum Gasteiger partial charge on any atom is 0.141 e. The molecule has 0 fully saturated rings. The first-order valence-corrected chi connectivity index (χ1v) is 2.20. The molecular formula is C4H4ClNO. The van der Waals surface area contributed by atoms with Crippen molar-refractivity contribution in [1.29, 1.82) is 0 Å². The Balaban J connectivity index is 2.50. The fourth-order valence-electron chi connectivity index (χ4n) is 0.286. The van der Waals surface area contributed by atoms with Crippen LogP contribution in [0.5, 0.6) is 0 Å². The lowest BCUT2D eigenvalue weighted by Gasteiger charge is -2.01. The minimum absolute atomic E-state index is 0.502. The molecule has 1 heterocycles. The van der Waals surface area contributed by atoms with Gasteiger partial charge in [-0.3, -0.25) is 0 Å². The van der Waals surface area contributed by atoms with Gasteiger partial charge in [0, 0.05) is 6.20 Å². The molecule has 0 radical (unpaired) electrons. The van der Waals surface area contributed by atoms with Gasteiger partial charge < -0.3 is 10.1 Å². The summed E-state index contributed by atoms with van der Waals surface area (Å²) in [4.78, 5) is 0. The lowest BCUT2D eigenvalue weighted by atomic mass is 10.8. The van der Waals surface area contributed by atoms with Gasteiger partial charge in [0.15, 0.2) is 0 Å². The molecule has 0 spiro atoms. The Morgan fingerprint density at radius 2 is 2.57 bits per heavy atom.